The lowest BCUT2D eigenvalue weighted by Crippen LogP contribution is -2.41. The van der Waals surface area contributed by atoms with Crippen LogP contribution in [0.2, 0.25) is 0 Å². The minimum atomic E-state index is -0.679. The fourth-order valence-electron chi connectivity index (χ4n) is 5.09. The van der Waals surface area contributed by atoms with Gasteiger partial charge in [-0.3, -0.25) is 19.1 Å². The van der Waals surface area contributed by atoms with Gasteiger partial charge in [0.25, 0.3) is 5.91 Å². The van der Waals surface area contributed by atoms with Crippen LogP contribution in [-0.4, -0.2) is 49.7 Å². The van der Waals surface area contributed by atoms with E-state index in [-0.39, 0.29) is 36.2 Å². The van der Waals surface area contributed by atoms with E-state index in [0.717, 1.165) is 5.56 Å². The Balaban J connectivity index is 1.53. The summed E-state index contributed by atoms with van der Waals surface area (Å²) in [5.74, 6) is -0.462. The Morgan fingerprint density at radius 3 is 2.18 bits per heavy atom. The summed E-state index contributed by atoms with van der Waals surface area (Å²) in [4.78, 5) is 57.2. The Morgan fingerprint density at radius 2 is 1.57 bits per heavy atom. The summed E-state index contributed by atoms with van der Waals surface area (Å²) in [6.45, 7) is 11.0. The molecule has 11 heteroatoms. The van der Waals surface area contributed by atoms with E-state index >= 15 is 0 Å². The van der Waals surface area contributed by atoms with Gasteiger partial charge in [-0.2, -0.15) is 4.98 Å². The quantitative estimate of drug-likeness (QED) is 0.215. The standard InChI is InChI=1S/C33H39IN4O6/c1-32(2,3)43-27(39)19-17-24-16-18-26(38(24)31(42)44-33(4,5)6)21-12-14-23(15-13-21)37-20-25(34)28(36-30(37)41)35-29(40)22-10-8-7-9-11-22/h7-15,20,24,26H,16-19H2,1-6H3,(H,35,36,40,41)/t24-,26-/m1/s1. The van der Waals surface area contributed by atoms with Gasteiger partial charge in [0.15, 0.2) is 5.82 Å². The Morgan fingerprint density at radius 1 is 0.932 bits per heavy atom. The number of rotatable bonds is 7. The van der Waals surface area contributed by atoms with Gasteiger partial charge in [-0.1, -0.05) is 30.3 Å². The molecular formula is C33H39IN4O6. The Hall–Kier alpha value is -3.74. The van der Waals surface area contributed by atoms with Crippen molar-refractivity contribution in [3.05, 3.63) is 86.0 Å². The van der Waals surface area contributed by atoms with Gasteiger partial charge in [-0.25, -0.2) is 9.59 Å². The van der Waals surface area contributed by atoms with E-state index in [0.29, 0.717) is 34.1 Å². The highest BCUT2D eigenvalue weighted by atomic mass is 127. The first kappa shape index (κ1) is 33.2. The summed E-state index contributed by atoms with van der Waals surface area (Å²) in [5, 5.41) is 2.71. The zero-order chi connectivity index (χ0) is 32.2. The zero-order valence-electron chi connectivity index (χ0n) is 25.9. The maximum atomic E-state index is 13.4. The van der Waals surface area contributed by atoms with Crippen molar-refractivity contribution >= 4 is 46.4 Å². The van der Waals surface area contributed by atoms with Crippen LogP contribution >= 0.6 is 22.6 Å². The van der Waals surface area contributed by atoms with Crippen molar-refractivity contribution in [2.24, 2.45) is 0 Å². The van der Waals surface area contributed by atoms with Crippen molar-refractivity contribution in [1.82, 2.24) is 14.5 Å². The number of ether oxygens (including phenoxy) is 2. The molecule has 234 valence electrons. The van der Waals surface area contributed by atoms with Gasteiger partial charge in [-0.05, 0) is 113 Å². The van der Waals surface area contributed by atoms with Crippen LogP contribution in [0.4, 0.5) is 10.6 Å². The maximum Gasteiger partial charge on any atom is 0.411 e. The topological polar surface area (TPSA) is 120 Å². The molecule has 1 N–H and O–H groups in total. The molecule has 2 heterocycles. The molecule has 1 aliphatic rings. The van der Waals surface area contributed by atoms with Crippen LogP contribution in [0.25, 0.3) is 5.69 Å². The van der Waals surface area contributed by atoms with Crippen LogP contribution in [0.5, 0.6) is 0 Å². The van der Waals surface area contributed by atoms with Gasteiger partial charge in [0.1, 0.15) is 11.2 Å². The lowest BCUT2D eigenvalue weighted by molar-refractivity contribution is -0.155. The van der Waals surface area contributed by atoms with E-state index in [9.17, 15) is 19.2 Å². The van der Waals surface area contributed by atoms with E-state index in [1.54, 1.807) is 47.5 Å². The highest BCUT2D eigenvalue weighted by Crippen LogP contribution is 2.39. The SMILES string of the molecule is CC(C)(C)OC(=O)CC[C@H]1CC[C@H](c2ccc(-n3cc(I)c(NC(=O)c4ccccc4)nc3=O)cc2)N1C(=O)OC(C)(C)C. The third kappa shape index (κ3) is 8.67. The molecule has 1 aliphatic heterocycles. The van der Waals surface area contributed by atoms with Crippen molar-refractivity contribution < 1.29 is 23.9 Å². The van der Waals surface area contributed by atoms with Crippen molar-refractivity contribution in [2.45, 2.75) is 90.5 Å². The number of amides is 2. The number of carbonyl (C=O) groups is 3. The average Bonchev–Trinajstić information content (AvgIpc) is 3.37. The van der Waals surface area contributed by atoms with Crippen LogP contribution in [0.15, 0.2) is 65.6 Å². The minimum Gasteiger partial charge on any atom is -0.460 e. The molecule has 44 heavy (non-hydrogen) atoms. The third-order valence-electron chi connectivity index (χ3n) is 6.91. The van der Waals surface area contributed by atoms with Gasteiger partial charge in [0.05, 0.1) is 15.3 Å². The summed E-state index contributed by atoms with van der Waals surface area (Å²) < 4.78 is 13.2. The molecule has 2 amide bonds. The first-order valence-corrected chi connectivity index (χ1v) is 15.7. The number of halogens is 1. The maximum absolute atomic E-state index is 13.4. The van der Waals surface area contributed by atoms with Gasteiger partial charge < -0.3 is 14.8 Å². The molecule has 10 nitrogen and oxygen atoms in total. The highest BCUT2D eigenvalue weighted by molar-refractivity contribution is 14.1. The molecular weight excluding hydrogens is 675 g/mol. The molecule has 4 rings (SSSR count). The number of benzene rings is 2. The molecule has 3 aromatic rings. The van der Waals surface area contributed by atoms with Crippen LogP contribution in [0, 0.1) is 3.57 Å². The summed E-state index contributed by atoms with van der Waals surface area (Å²) in [7, 11) is 0. The third-order valence-corrected chi connectivity index (χ3v) is 7.70. The second-order valence-corrected chi connectivity index (χ2v) is 13.9. The summed E-state index contributed by atoms with van der Waals surface area (Å²) in [6, 6.07) is 15.6. The Labute approximate surface area is 271 Å². The number of carbonyl (C=O) groups excluding carboxylic acids is 3. The summed E-state index contributed by atoms with van der Waals surface area (Å²) >= 11 is 2.03. The molecule has 1 saturated heterocycles. The predicted molar refractivity (Wildman–Crippen MR) is 176 cm³/mol. The lowest BCUT2D eigenvalue weighted by atomic mass is 10.0. The van der Waals surface area contributed by atoms with Crippen LogP contribution in [-0.2, 0) is 14.3 Å². The van der Waals surface area contributed by atoms with Crippen molar-refractivity contribution in [2.75, 3.05) is 5.32 Å². The van der Waals surface area contributed by atoms with Crippen molar-refractivity contribution in [3.8, 4) is 5.69 Å². The number of aromatic nitrogens is 2. The Bertz CT molecular complexity index is 1560. The van der Waals surface area contributed by atoms with E-state index in [4.69, 9.17) is 9.47 Å². The molecule has 0 unspecified atom stereocenters. The number of nitrogens with one attached hydrogen (secondary N) is 1. The molecule has 0 radical (unpaired) electrons. The Kier molecular flexibility index (Phi) is 10.2. The number of nitrogens with zero attached hydrogens (tertiary/aromatic N) is 3. The van der Waals surface area contributed by atoms with E-state index < -0.39 is 23.0 Å². The number of esters is 1. The van der Waals surface area contributed by atoms with E-state index in [1.807, 2.05) is 82.3 Å². The van der Waals surface area contributed by atoms with Crippen LogP contribution < -0.4 is 11.0 Å². The fourth-order valence-corrected chi connectivity index (χ4v) is 5.63. The van der Waals surface area contributed by atoms with E-state index in [2.05, 4.69) is 10.3 Å². The summed E-state index contributed by atoms with van der Waals surface area (Å²) in [6.07, 6.45) is 3.28. The van der Waals surface area contributed by atoms with Gasteiger partial charge in [-0.15, -0.1) is 0 Å². The fraction of sp³-hybridized carbons (Fsp3) is 0.424. The second-order valence-electron chi connectivity index (χ2n) is 12.8. The molecule has 0 spiro atoms. The minimum absolute atomic E-state index is 0.186. The monoisotopic (exact) mass is 714 g/mol. The molecule has 0 saturated carbocycles. The molecule has 0 aliphatic carbocycles. The number of likely N-dealkylation sites (tertiary alicyclic amines) is 1. The van der Waals surface area contributed by atoms with Gasteiger partial charge in [0, 0.05) is 24.2 Å². The van der Waals surface area contributed by atoms with Crippen molar-refractivity contribution in [1.29, 1.82) is 0 Å². The molecule has 1 aromatic heterocycles. The largest absolute Gasteiger partial charge is 0.460 e. The van der Waals surface area contributed by atoms with E-state index in [1.165, 1.54) is 4.57 Å². The molecule has 0 bridgehead atoms. The van der Waals surface area contributed by atoms with Gasteiger partial charge >= 0.3 is 17.8 Å². The summed E-state index contributed by atoms with van der Waals surface area (Å²) in [5.41, 5.74) is 0.148. The zero-order valence-corrected chi connectivity index (χ0v) is 28.1. The smallest absolute Gasteiger partial charge is 0.411 e. The first-order valence-electron chi connectivity index (χ1n) is 14.6. The molecule has 2 atom stereocenters. The van der Waals surface area contributed by atoms with Crippen molar-refractivity contribution in [3.63, 3.8) is 0 Å². The van der Waals surface area contributed by atoms with Crippen LogP contribution in [0.3, 0.4) is 0 Å². The number of hydrogen-bond acceptors (Lipinski definition) is 7. The normalized spacial score (nSPS) is 16.8. The average molecular weight is 715 g/mol. The first-order chi connectivity index (χ1) is 20.6. The molecule has 1 fully saturated rings. The predicted octanol–water partition coefficient (Wildman–Crippen LogP) is 6.65. The highest BCUT2D eigenvalue weighted by Gasteiger charge is 2.40. The second kappa shape index (κ2) is 13.5. The van der Waals surface area contributed by atoms with Gasteiger partial charge in [0.2, 0.25) is 0 Å². The lowest BCUT2D eigenvalue weighted by Gasteiger charge is -2.33. The van der Waals surface area contributed by atoms with Crippen LogP contribution in [0.1, 0.15) is 89.2 Å². The number of hydrogen-bond donors (Lipinski definition) is 1. The molecule has 2 aromatic carbocycles. The number of anilines is 1.